The fourth-order valence-corrected chi connectivity index (χ4v) is 5.29. The molecule has 4 rings (SSSR count). The van der Waals surface area contributed by atoms with Crippen LogP contribution in [0.5, 0.6) is 0 Å². The molecule has 1 heterocycles. The Morgan fingerprint density at radius 2 is 1.89 bits per heavy atom. The minimum Gasteiger partial charge on any atom is -0.347 e. The van der Waals surface area contributed by atoms with E-state index in [1.165, 1.54) is 0 Å². The second kappa shape index (κ2) is 3.81. The molecule has 6 heteroatoms. The third-order valence-corrected chi connectivity index (χ3v) is 5.61. The first-order valence-corrected chi connectivity index (χ1v) is 8.65. The molecule has 0 aromatic rings. The largest absolute Gasteiger partial charge is 0.347 e. The van der Waals surface area contributed by atoms with E-state index in [0.717, 1.165) is 19.1 Å². The van der Waals surface area contributed by atoms with Gasteiger partial charge in [0.05, 0.1) is 25.6 Å². The van der Waals surface area contributed by atoms with Crippen molar-refractivity contribution in [3.63, 3.8) is 0 Å². The van der Waals surface area contributed by atoms with Crippen molar-refractivity contribution < 1.29 is 22.1 Å². The van der Waals surface area contributed by atoms with Crippen LogP contribution in [0.2, 0.25) is 0 Å². The third-order valence-electron chi connectivity index (χ3n) is 5.02. The van der Waals surface area contributed by atoms with E-state index in [1.54, 1.807) is 0 Å². The number of hydrogen-bond acceptors (Lipinski definition) is 5. The Hall–Kier alpha value is -0.430. The highest BCUT2D eigenvalue weighted by Gasteiger charge is 2.66. The Balaban J connectivity index is 1.70. The van der Waals surface area contributed by atoms with Gasteiger partial charge in [-0.3, -0.25) is 4.18 Å². The predicted molar refractivity (Wildman–Crippen MR) is 66.7 cm³/mol. The monoisotopic (exact) mass is 286 g/mol. The maximum atomic E-state index is 11.5. The lowest BCUT2D eigenvalue weighted by Gasteiger charge is -2.32. The first-order valence-electron chi connectivity index (χ1n) is 6.83. The molecule has 5 nitrogen and oxygen atoms in total. The van der Waals surface area contributed by atoms with Crippen molar-refractivity contribution in [2.24, 2.45) is 23.7 Å². The minimum absolute atomic E-state index is 0.0368. The second-order valence-electron chi connectivity index (χ2n) is 6.10. The number of fused-ring (bicyclic) bond motifs is 1. The summed E-state index contributed by atoms with van der Waals surface area (Å²) in [6, 6.07) is 0. The van der Waals surface area contributed by atoms with Crippen molar-refractivity contribution in [3.05, 3.63) is 12.2 Å². The number of ether oxygens (including phenoxy) is 2. The summed E-state index contributed by atoms with van der Waals surface area (Å²) in [5.74, 6) is 0.708. The second-order valence-corrected chi connectivity index (χ2v) is 7.70. The van der Waals surface area contributed by atoms with Gasteiger partial charge < -0.3 is 9.47 Å². The van der Waals surface area contributed by atoms with Crippen molar-refractivity contribution in [3.8, 4) is 0 Å². The minimum atomic E-state index is -3.44. The van der Waals surface area contributed by atoms with Crippen LogP contribution in [0.15, 0.2) is 12.2 Å². The van der Waals surface area contributed by atoms with Crippen molar-refractivity contribution in [2.75, 3.05) is 19.5 Å². The lowest BCUT2D eigenvalue weighted by atomic mass is 9.90. The van der Waals surface area contributed by atoms with E-state index in [4.69, 9.17) is 13.7 Å². The average molecular weight is 286 g/mol. The van der Waals surface area contributed by atoms with Crippen LogP contribution in [-0.2, 0) is 23.8 Å². The maximum absolute atomic E-state index is 11.5. The van der Waals surface area contributed by atoms with E-state index in [1.807, 2.05) is 0 Å². The number of rotatable bonds is 2. The van der Waals surface area contributed by atoms with Crippen molar-refractivity contribution in [2.45, 2.75) is 24.7 Å². The van der Waals surface area contributed by atoms with Crippen LogP contribution < -0.4 is 0 Å². The molecule has 3 fully saturated rings. The SMILES string of the molecule is CS(=O)(=O)O[C@@H]1C[C@@H]2C=C[C@@H]3CC4(OCCO4)[C@H]1[C@@H]32. The summed E-state index contributed by atoms with van der Waals surface area (Å²) >= 11 is 0. The molecule has 1 aliphatic heterocycles. The lowest BCUT2D eigenvalue weighted by Crippen LogP contribution is -2.42. The van der Waals surface area contributed by atoms with Crippen LogP contribution in [0, 0.1) is 23.7 Å². The molecular weight excluding hydrogens is 268 g/mol. The summed E-state index contributed by atoms with van der Waals surface area (Å²) in [5.41, 5.74) is 0. The van der Waals surface area contributed by atoms with Gasteiger partial charge in [-0.15, -0.1) is 0 Å². The standard InChI is InChI=1S/C13H18O5S/c1-19(14,15)18-10-6-8-2-3-9-7-13(12(10)11(8)9)16-4-5-17-13/h2-3,8-12H,4-7H2,1H3/t8-,9+,10+,11+,12+/m0/s1. The molecule has 19 heavy (non-hydrogen) atoms. The first-order chi connectivity index (χ1) is 8.99. The van der Waals surface area contributed by atoms with Crippen LogP contribution in [-0.4, -0.2) is 39.8 Å². The van der Waals surface area contributed by atoms with E-state index >= 15 is 0 Å². The molecular formula is C13H18O5S. The molecule has 0 aromatic carbocycles. The summed E-state index contributed by atoms with van der Waals surface area (Å²) in [5, 5.41) is 0. The van der Waals surface area contributed by atoms with Crippen molar-refractivity contribution in [1.29, 1.82) is 0 Å². The predicted octanol–water partition coefficient (Wildman–Crippen LogP) is 0.916. The third kappa shape index (κ3) is 1.73. The molecule has 2 saturated carbocycles. The van der Waals surface area contributed by atoms with E-state index in [0.29, 0.717) is 31.0 Å². The summed E-state index contributed by atoms with van der Waals surface area (Å²) in [6.07, 6.45) is 6.86. The Morgan fingerprint density at radius 1 is 1.21 bits per heavy atom. The van der Waals surface area contributed by atoms with Crippen LogP contribution in [0.4, 0.5) is 0 Å². The van der Waals surface area contributed by atoms with Crippen LogP contribution in [0.3, 0.4) is 0 Å². The zero-order chi connectivity index (χ0) is 13.3. The fraction of sp³-hybridized carbons (Fsp3) is 0.846. The van der Waals surface area contributed by atoms with Gasteiger partial charge in [-0.25, -0.2) is 0 Å². The van der Waals surface area contributed by atoms with Gasteiger partial charge in [0, 0.05) is 12.3 Å². The van der Waals surface area contributed by atoms with Crippen LogP contribution in [0.1, 0.15) is 12.8 Å². The Morgan fingerprint density at radius 3 is 2.58 bits per heavy atom. The number of allylic oxidation sites excluding steroid dienone is 2. The normalized spacial score (nSPS) is 46.3. The molecule has 0 aromatic heterocycles. The Labute approximate surface area is 113 Å². The van der Waals surface area contributed by atoms with Gasteiger partial charge in [0.25, 0.3) is 10.1 Å². The molecule has 5 atom stereocenters. The zero-order valence-corrected chi connectivity index (χ0v) is 11.6. The Bertz CT molecular complexity index is 519. The van der Waals surface area contributed by atoms with E-state index in [9.17, 15) is 8.42 Å². The molecule has 1 spiro atoms. The Kier molecular flexibility index (Phi) is 2.47. The summed E-state index contributed by atoms with van der Waals surface area (Å²) < 4.78 is 40.0. The van der Waals surface area contributed by atoms with Crippen molar-refractivity contribution in [1.82, 2.24) is 0 Å². The summed E-state index contributed by atoms with van der Waals surface area (Å²) in [6.45, 7) is 1.19. The molecule has 4 aliphatic rings. The van der Waals surface area contributed by atoms with Crippen LogP contribution in [0.25, 0.3) is 0 Å². The maximum Gasteiger partial charge on any atom is 0.264 e. The molecule has 0 bridgehead atoms. The summed E-state index contributed by atoms with van der Waals surface area (Å²) in [4.78, 5) is 0. The smallest absolute Gasteiger partial charge is 0.264 e. The topological polar surface area (TPSA) is 61.8 Å². The average Bonchev–Trinajstić information content (AvgIpc) is 2.97. The molecule has 0 amide bonds. The van der Waals surface area contributed by atoms with Gasteiger partial charge in [-0.1, -0.05) is 12.2 Å². The molecule has 1 saturated heterocycles. The van der Waals surface area contributed by atoms with Crippen molar-refractivity contribution >= 4 is 10.1 Å². The van der Waals surface area contributed by atoms with E-state index < -0.39 is 15.9 Å². The molecule has 3 aliphatic carbocycles. The van der Waals surface area contributed by atoms with Crippen LogP contribution >= 0.6 is 0 Å². The molecule has 0 unspecified atom stereocenters. The van der Waals surface area contributed by atoms with E-state index in [-0.39, 0.29) is 12.0 Å². The van der Waals surface area contributed by atoms with Gasteiger partial charge in [-0.05, 0) is 24.2 Å². The quantitative estimate of drug-likeness (QED) is 0.558. The fourth-order valence-electron chi connectivity index (χ4n) is 4.64. The van der Waals surface area contributed by atoms with Gasteiger partial charge in [0.15, 0.2) is 5.79 Å². The van der Waals surface area contributed by atoms with Gasteiger partial charge in [0.2, 0.25) is 0 Å². The molecule has 0 N–H and O–H groups in total. The molecule has 0 radical (unpaired) electrons. The highest BCUT2D eigenvalue weighted by molar-refractivity contribution is 7.86. The highest BCUT2D eigenvalue weighted by atomic mass is 32.2. The first kappa shape index (κ1) is 12.3. The van der Waals surface area contributed by atoms with Gasteiger partial charge in [0.1, 0.15) is 0 Å². The molecule has 106 valence electrons. The lowest BCUT2D eigenvalue weighted by molar-refractivity contribution is -0.198. The van der Waals surface area contributed by atoms with Gasteiger partial charge >= 0.3 is 0 Å². The number of hydrogen-bond donors (Lipinski definition) is 0. The highest BCUT2D eigenvalue weighted by Crippen LogP contribution is 2.62. The van der Waals surface area contributed by atoms with E-state index in [2.05, 4.69) is 12.2 Å². The van der Waals surface area contributed by atoms with Gasteiger partial charge in [-0.2, -0.15) is 8.42 Å². The zero-order valence-electron chi connectivity index (χ0n) is 10.8. The summed E-state index contributed by atoms with van der Waals surface area (Å²) in [7, 11) is -3.44.